The van der Waals surface area contributed by atoms with E-state index in [0.717, 1.165) is 25.7 Å². The number of unbranched alkanes of at least 4 members (excludes halogenated alkanes) is 5. The van der Waals surface area contributed by atoms with Crippen LogP contribution in [-0.2, 0) is 0 Å². The second kappa shape index (κ2) is 15.2. The van der Waals surface area contributed by atoms with Crippen LogP contribution in [0, 0.1) is 0 Å². The Balaban J connectivity index is 3.26. The molecule has 0 rings (SSSR count). The first-order valence-corrected chi connectivity index (χ1v) is 6.99. The van der Waals surface area contributed by atoms with Gasteiger partial charge in [-0.05, 0) is 38.5 Å². The summed E-state index contributed by atoms with van der Waals surface area (Å²) in [6, 6.07) is 0. The second-order valence-corrected chi connectivity index (χ2v) is 4.27. The molecule has 0 atom stereocenters. The highest BCUT2D eigenvalue weighted by atomic mass is 16.2. The maximum absolute atomic E-state index is 8.58. The molecule has 0 spiro atoms. The molecule has 0 unspecified atom stereocenters. The van der Waals surface area contributed by atoms with Crippen molar-refractivity contribution >= 4 is 0 Å². The lowest BCUT2D eigenvalue weighted by Gasteiger charge is -1.91. The summed E-state index contributed by atoms with van der Waals surface area (Å²) in [4.78, 5) is 0. The van der Waals surface area contributed by atoms with E-state index < -0.39 is 0 Å². The first-order chi connectivity index (χ1) is 8.41. The van der Waals surface area contributed by atoms with Gasteiger partial charge in [0, 0.05) is 6.61 Å². The third kappa shape index (κ3) is 15.2. The second-order valence-electron chi connectivity index (χ2n) is 4.27. The molecule has 0 aliphatic heterocycles. The Kier molecular flexibility index (Phi) is 14.4. The molecule has 0 aromatic rings. The third-order valence-corrected chi connectivity index (χ3v) is 2.55. The average Bonchev–Trinajstić information content (AvgIpc) is 2.35. The summed E-state index contributed by atoms with van der Waals surface area (Å²) in [5.74, 6) is 0. The van der Waals surface area contributed by atoms with Crippen LogP contribution in [0.4, 0.5) is 0 Å². The van der Waals surface area contributed by atoms with Crippen LogP contribution in [0.15, 0.2) is 36.5 Å². The summed E-state index contributed by atoms with van der Waals surface area (Å²) in [6.45, 7) is 2.53. The Bertz CT molecular complexity index is 214. The number of hydrogen-bond acceptors (Lipinski definition) is 1. The van der Waals surface area contributed by atoms with E-state index in [1.54, 1.807) is 0 Å². The average molecular weight is 236 g/mol. The van der Waals surface area contributed by atoms with Crippen molar-refractivity contribution in [2.75, 3.05) is 6.61 Å². The van der Waals surface area contributed by atoms with E-state index in [1.807, 2.05) is 0 Å². The number of allylic oxidation sites excluding steroid dienone is 6. The molecule has 1 N–H and O–H groups in total. The Hall–Kier alpha value is -0.820. The van der Waals surface area contributed by atoms with Gasteiger partial charge in [-0.2, -0.15) is 0 Å². The lowest BCUT2D eigenvalue weighted by molar-refractivity contribution is 0.289. The van der Waals surface area contributed by atoms with Crippen LogP contribution >= 0.6 is 0 Å². The topological polar surface area (TPSA) is 20.2 Å². The fraction of sp³-hybridized carbons (Fsp3) is 0.625. The van der Waals surface area contributed by atoms with Gasteiger partial charge in [0.25, 0.3) is 0 Å². The van der Waals surface area contributed by atoms with Crippen LogP contribution < -0.4 is 0 Å². The SMILES string of the molecule is CCCCC/C=C\CC/C=C/C=C\CCCO. The van der Waals surface area contributed by atoms with Gasteiger partial charge in [-0.15, -0.1) is 0 Å². The zero-order valence-corrected chi connectivity index (χ0v) is 11.3. The van der Waals surface area contributed by atoms with Crippen LogP contribution in [-0.4, -0.2) is 11.7 Å². The highest BCUT2D eigenvalue weighted by molar-refractivity contribution is 5.02. The van der Waals surface area contributed by atoms with Crippen LogP contribution in [0.2, 0.25) is 0 Å². The van der Waals surface area contributed by atoms with E-state index in [0.29, 0.717) is 0 Å². The maximum atomic E-state index is 8.58. The van der Waals surface area contributed by atoms with E-state index >= 15 is 0 Å². The molecule has 0 saturated carbocycles. The number of rotatable bonds is 11. The van der Waals surface area contributed by atoms with Crippen molar-refractivity contribution in [3.05, 3.63) is 36.5 Å². The van der Waals surface area contributed by atoms with Gasteiger partial charge in [0.15, 0.2) is 0 Å². The minimum atomic E-state index is 0.289. The van der Waals surface area contributed by atoms with Crippen LogP contribution in [0.25, 0.3) is 0 Å². The molecule has 1 heteroatoms. The van der Waals surface area contributed by atoms with Crippen molar-refractivity contribution in [2.24, 2.45) is 0 Å². The van der Waals surface area contributed by atoms with Gasteiger partial charge in [-0.25, -0.2) is 0 Å². The summed E-state index contributed by atoms with van der Waals surface area (Å²) < 4.78 is 0. The number of hydrogen-bond donors (Lipinski definition) is 1. The van der Waals surface area contributed by atoms with E-state index in [4.69, 9.17) is 5.11 Å². The molecule has 0 amide bonds. The fourth-order valence-corrected chi connectivity index (χ4v) is 1.50. The third-order valence-electron chi connectivity index (χ3n) is 2.55. The van der Waals surface area contributed by atoms with Crippen LogP contribution in [0.3, 0.4) is 0 Å². The summed E-state index contributed by atoms with van der Waals surface area (Å²) in [5.41, 5.74) is 0. The van der Waals surface area contributed by atoms with Gasteiger partial charge in [-0.1, -0.05) is 56.2 Å². The van der Waals surface area contributed by atoms with Crippen molar-refractivity contribution in [3.8, 4) is 0 Å². The quantitative estimate of drug-likeness (QED) is 0.311. The molecule has 98 valence electrons. The Morgan fingerprint density at radius 1 is 0.706 bits per heavy atom. The van der Waals surface area contributed by atoms with Crippen LogP contribution in [0.1, 0.15) is 58.3 Å². The van der Waals surface area contributed by atoms with E-state index in [-0.39, 0.29) is 6.61 Å². The molecule has 0 radical (unpaired) electrons. The van der Waals surface area contributed by atoms with Gasteiger partial charge in [0.2, 0.25) is 0 Å². The highest BCUT2D eigenvalue weighted by Crippen LogP contribution is 2.01. The minimum absolute atomic E-state index is 0.289. The minimum Gasteiger partial charge on any atom is -0.396 e. The molecule has 0 aromatic carbocycles. The van der Waals surface area contributed by atoms with Gasteiger partial charge >= 0.3 is 0 Å². The monoisotopic (exact) mass is 236 g/mol. The summed E-state index contributed by atoms with van der Waals surface area (Å²) in [6.07, 6.45) is 22.4. The Morgan fingerprint density at radius 3 is 2.00 bits per heavy atom. The number of aliphatic hydroxyl groups excluding tert-OH is 1. The van der Waals surface area contributed by atoms with Gasteiger partial charge < -0.3 is 5.11 Å². The molecule has 0 heterocycles. The van der Waals surface area contributed by atoms with Gasteiger partial charge in [0.05, 0.1) is 0 Å². The lowest BCUT2D eigenvalue weighted by atomic mass is 10.2. The molecular weight excluding hydrogens is 208 g/mol. The van der Waals surface area contributed by atoms with Crippen molar-refractivity contribution < 1.29 is 5.11 Å². The van der Waals surface area contributed by atoms with Crippen molar-refractivity contribution in [2.45, 2.75) is 58.3 Å². The van der Waals surface area contributed by atoms with E-state index in [9.17, 15) is 0 Å². The van der Waals surface area contributed by atoms with Crippen molar-refractivity contribution in [1.82, 2.24) is 0 Å². The molecule has 1 nitrogen and oxygen atoms in total. The normalized spacial score (nSPS) is 12.4. The molecule has 0 bridgehead atoms. The van der Waals surface area contributed by atoms with Crippen molar-refractivity contribution in [1.29, 1.82) is 0 Å². The molecular formula is C16H28O. The maximum Gasteiger partial charge on any atom is 0.0433 e. The zero-order chi connectivity index (χ0) is 12.6. The fourth-order valence-electron chi connectivity index (χ4n) is 1.50. The van der Waals surface area contributed by atoms with Gasteiger partial charge in [-0.3, -0.25) is 0 Å². The first-order valence-electron chi connectivity index (χ1n) is 6.99. The Labute approximate surface area is 107 Å². The highest BCUT2D eigenvalue weighted by Gasteiger charge is 1.81. The predicted octanol–water partition coefficient (Wildman–Crippen LogP) is 4.79. The molecule has 0 aliphatic carbocycles. The lowest BCUT2D eigenvalue weighted by Crippen LogP contribution is -1.77. The van der Waals surface area contributed by atoms with Crippen molar-refractivity contribution in [3.63, 3.8) is 0 Å². The predicted molar refractivity (Wildman–Crippen MR) is 77.1 cm³/mol. The standard InChI is InChI=1S/C16H28O/c1-2-3-4-5-6-7-8-9-10-11-12-13-14-15-16-17/h6-7,10-13,17H,2-5,8-9,14-16H2,1H3/b7-6-,11-10+,13-12-. The summed E-state index contributed by atoms with van der Waals surface area (Å²) in [5, 5.41) is 8.58. The van der Waals surface area contributed by atoms with Crippen LogP contribution in [0.5, 0.6) is 0 Å². The van der Waals surface area contributed by atoms with E-state index in [1.165, 1.54) is 25.7 Å². The Morgan fingerprint density at radius 2 is 1.29 bits per heavy atom. The molecule has 0 fully saturated rings. The zero-order valence-electron chi connectivity index (χ0n) is 11.3. The van der Waals surface area contributed by atoms with E-state index in [2.05, 4.69) is 43.4 Å². The molecule has 0 aromatic heterocycles. The molecule has 0 saturated heterocycles. The summed E-state index contributed by atoms with van der Waals surface area (Å²) >= 11 is 0. The number of aliphatic hydroxyl groups is 1. The molecule has 0 aliphatic rings. The smallest absolute Gasteiger partial charge is 0.0433 e. The van der Waals surface area contributed by atoms with Gasteiger partial charge in [0.1, 0.15) is 0 Å². The molecule has 17 heavy (non-hydrogen) atoms. The largest absolute Gasteiger partial charge is 0.396 e. The first kappa shape index (κ1) is 16.2. The summed E-state index contributed by atoms with van der Waals surface area (Å²) in [7, 11) is 0.